The van der Waals surface area contributed by atoms with Gasteiger partial charge in [0.1, 0.15) is 10.0 Å². The summed E-state index contributed by atoms with van der Waals surface area (Å²) in [6.07, 6.45) is 3.02. The standard InChI is InChI=1S/C21H12N2O3S2/c24-19-11(9-17-22-13-5-1-3-7-15(13)27-17)20(25)21(26)12(19)10-18-23-14-6-2-4-8-16(14)28-18/h1-10,25-26H/b11-9-,12-10?. The van der Waals surface area contributed by atoms with Crippen molar-refractivity contribution in [3.05, 3.63) is 81.2 Å². The Labute approximate surface area is 167 Å². The number of benzene rings is 2. The number of ketones is 1. The van der Waals surface area contributed by atoms with Crippen LogP contribution in [-0.2, 0) is 4.79 Å². The predicted octanol–water partition coefficient (Wildman–Crippen LogP) is 5.28. The van der Waals surface area contributed by atoms with Gasteiger partial charge in [-0.05, 0) is 36.4 Å². The third-order valence-corrected chi connectivity index (χ3v) is 6.35. The number of aliphatic hydroxyl groups is 2. The van der Waals surface area contributed by atoms with E-state index < -0.39 is 17.3 Å². The van der Waals surface area contributed by atoms with Gasteiger partial charge in [0, 0.05) is 0 Å². The summed E-state index contributed by atoms with van der Waals surface area (Å²) in [7, 11) is 0. The summed E-state index contributed by atoms with van der Waals surface area (Å²) >= 11 is 2.83. The lowest BCUT2D eigenvalue weighted by Crippen LogP contribution is -1.99. The molecule has 0 spiro atoms. The highest BCUT2D eigenvalue weighted by Crippen LogP contribution is 2.35. The van der Waals surface area contributed by atoms with E-state index in [4.69, 9.17) is 0 Å². The van der Waals surface area contributed by atoms with E-state index in [1.807, 2.05) is 48.5 Å². The van der Waals surface area contributed by atoms with Crippen LogP contribution in [0.1, 0.15) is 10.0 Å². The summed E-state index contributed by atoms with van der Waals surface area (Å²) in [5.74, 6) is -1.32. The second-order valence-corrected chi connectivity index (χ2v) is 8.31. The fourth-order valence-electron chi connectivity index (χ4n) is 3.03. The van der Waals surface area contributed by atoms with Crippen molar-refractivity contribution in [3.63, 3.8) is 0 Å². The van der Waals surface area contributed by atoms with Gasteiger partial charge in [-0.2, -0.15) is 0 Å². The van der Waals surface area contributed by atoms with Gasteiger partial charge in [-0.1, -0.05) is 24.3 Å². The van der Waals surface area contributed by atoms with Crippen molar-refractivity contribution in [2.75, 3.05) is 0 Å². The fraction of sp³-hybridized carbons (Fsp3) is 0. The molecule has 0 unspecified atom stereocenters. The number of Topliss-reactive ketones (excluding diaryl/α,β-unsaturated/α-hetero) is 1. The molecule has 7 heteroatoms. The van der Waals surface area contributed by atoms with Crippen LogP contribution < -0.4 is 0 Å². The summed E-state index contributed by atoms with van der Waals surface area (Å²) in [6.45, 7) is 0. The Morgan fingerprint density at radius 3 is 1.57 bits per heavy atom. The monoisotopic (exact) mass is 404 g/mol. The van der Waals surface area contributed by atoms with Gasteiger partial charge < -0.3 is 10.2 Å². The molecule has 1 aliphatic rings. The summed E-state index contributed by atoms with van der Waals surface area (Å²) in [4.78, 5) is 21.7. The number of carbonyl (C=O) groups is 1. The minimum absolute atomic E-state index is 0.0314. The Hall–Kier alpha value is -3.29. The number of fused-ring (bicyclic) bond motifs is 2. The first kappa shape index (κ1) is 16.9. The quantitative estimate of drug-likeness (QED) is 0.444. The molecule has 2 aromatic heterocycles. The fourth-order valence-corrected chi connectivity index (χ4v) is 4.86. The van der Waals surface area contributed by atoms with Crippen molar-refractivity contribution < 1.29 is 15.0 Å². The van der Waals surface area contributed by atoms with Gasteiger partial charge in [0.05, 0.1) is 31.6 Å². The number of hydrogen-bond acceptors (Lipinski definition) is 7. The average molecular weight is 404 g/mol. The molecular weight excluding hydrogens is 392 g/mol. The molecule has 0 amide bonds. The maximum absolute atomic E-state index is 12.8. The summed E-state index contributed by atoms with van der Waals surface area (Å²) in [5.41, 5.74) is 1.71. The molecule has 0 saturated heterocycles. The Morgan fingerprint density at radius 2 is 1.14 bits per heavy atom. The molecule has 0 atom stereocenters. The molecule has 4 aromatic rings. The molecule has 136 valence electrons. The molecule has 0 bridgehead atoms. The van der Waals surface area contributed by atoms with Gasteiger partial charge in [-0.25, -0.2) is 9.97 Å². The van der Waals surface area contributed by atoms with Crippen molar-refractivity contribution in [2.24, 2.45) is 0 Å². The molecule has 0 radical (unpaired) electrons. The Morgan fingerprint density at radius 1 is 0.714 bits per heavy atom. The molecule has 5 nitrogen and oxygen atoms in total. The van der Waals surface area contributed by atoms with Crippen LogP contribution in [0.15, 0.2) is 71.2 Å². The lowest BCUT2D eigenvalue weighted by molar-refractivity contribution is -0.111. The summed E-state index contributed by atoms with van der Waals surface area (Å²) < 4.78 is 1.97. The van der Waals surface area contributed by atoms with Crippen LogP contribution in [0.5, 0.6) is 0 Å². The van der Waals surface area contributed by atoms with Gasteiger partial charge in [0.25, 0.3) is 0 Å². The molecule has 0 saturated carbocycles. The van der Waals surface area contributed by atoms with Gasteiger partial charge in [0.15, 0.2) is 11.5 Å². The molecule has 2 N–H and O–H groups in total. The maximum Gasteiger partial charge on any atom is 0.200 e. The molecule has 28 heavy (non-hydrogen) atoms. The van der Waals surface area contributed by atoms with Crippen LogP contribution in [0.2, 0.25) is 0 Å². The van der Waals surface area contributed by atoms with E-state index in [-0.39, 0.29) is 11.1 Å². The number of carbonyl (C=O) groups excluding carboxylic acids is 1. The summed E-state index contributed by atoms with van der Waals surface area (Å²) in [5, 5.41) is 21.8. The summed E-state index contributed by atoms with van der Waals surface area (Å²) in [6, 6.07) is 15.3. The van der Waals surface area contributed by atoms with Gasteiger partial charge in [0.2, 0.25) is 5.78 Å². The highest BCUT2D eigenvalue weighted by Gasteiger charge is 2.33. The zero-order chi connectivity index (χ0) is 19.3. The smallest absolute Gasteiger partial charge is 0.200 e. The number of aliphatic hydroxyl groups excluding tert-OH is 2. The van der Waals surface area contributed by atoms with E-state index in [2.05, 4.69) is 9.97 Å². The van der Waals surface area contributed by atoms with E-state index in [0.717, 1.165) is 20.4 Å². The minimum Gasteiger partial charge on any atom is -0.504 e. The van der Waals surface area contributed by atoms with Crippen molar-refractivity contribution in [3.8, 4) is 0 Å². The number of allylic oxidation sites excluding steroid dienone is 2. The molecule has 2 heterocycles. The van der Waals surface area contributed by atoms with Crippen LogP contribution in [0, 0.1) is 0 Å². The topological polar surface area (TPSA) is 83.3 Å². The number of thiazole rings is 2. The number of para-hydroxylation sites is 2. The van der Waals surface area contributed by atoms with Crippen LogP contribution >= 0.6 is 22.7 Å². The first-order chi connectivity index (χ1) is 13.6. The average Bonchev–Trinajstić information content (AvgIpc) is 3.35. The van der Waals surface area contributed by atoms with Crippen molar-refractivity contribution in [1.29, 1.82) is 0 Å². The molecular formula is C21H12N2O3S2. The highest BCUT2D eigenvalue weighted by atomic mass is 32.1. The zero-order valence-electron chi connectivity index (χ0n) is 14.3. The van der Waals surface area contributed by atoms with E-state index >= 15 is 0 Å². The first-order valence-electron chi connectivity index (χ1n) is 8.42. The molecule has 0 fully saturated rings. The number of aromatic nitrogens is 2. The normalized spacial score (nSPS) is 17.6. The second kappa shape index (κ2) is 6.40. The van der Waals surface area contributed by atoms with Crippen LogP contribution in [0.25, 0.3) is 32.6 Å². The van der Waals surface area contributed by atoms with Crippen molar-refractivity contribution in [1.82, 2.24) is 9.97 Å². The third kappa shape index (κ3) is 2.72. The second-order valence-electron chi connectivity index (χ2n) is 6.18. The Bertz CT molecular complexity index is 1190. The van der Waals surface area contributed by atoms with E-state index in [1.165, 1.54) is 34.8 Å². The zero-order valence-corrected chi connectivity index (χ0v) is 15.9. The van der Waals surface area contributed by atoms with Gasteiger partial charge in [-0.3, -0.25) is 4.79 Å². The van der Waals surface area contributed by atoms with Crippen LogP contribution in [-0.4, -0.2) is 26.0 Å². The SMILES string of the molecule is O=C1C(=Cc2nc3ccccc3s2)C(O)=C(O)/C1=C\c1nc2ccccc2s1. The van der Waals surface area contributed by atoms with Crippen molar-refractivity contribution >= 4 is 61.0 Å². The number of nitrogens with zero attached hydrogens (tertiary/aromatic N) is 2. The highest BCUT2D eigenvalue weighted by molar-refractivity contribution is 7.19. The lowest BCUT2D eigenvalue weighted by atomic mass is 10.1. The van der Waals surface area contributed by atoms with Crippen LogP contribution in [0.4, 0.5) is 0 Å². The van der Waals surface area contributed by atoms with E-state index in [1.54, 1.807) is 0 Å². The maximum atomic E-state index is 12.8. The van der Waals surface area contributed by atoms with Crippen molar-refractivity contribution in [2.45, 2.75) is 0 Å². The Balaban J connectivity index is 1.56. The molecule has 2 aromatic carbocycles. The lowest BCUT2D eigenvalue weighted by Gasteiger charge is -1.94. The number of rotatable bonds is 2. The minimum atomic E-state index is -0.450. The predicted molar refractivity (Wildman–Crippen MR) is 112 cm³/mol. The molecule has 1 aliphatic carbocycles. The van der Waals surface area contributed by atoms with Gasteiger partial charge in [-0.15, -0.1) is 22.7 Å². The Kier molecular flexibility index (Phi) is 3.85. The number of hydrogen-bond donors (Lipinski definition) is 2. The van der Waals surface area contributed by atoms with Gasteiger partial charge >= 0.3 is 0 Å². The largest absolute Gasteiger partial charge is 0.504 e. The van der Waals surface area contributed by atoms with Crippen LogP contribution in [0.3, 0.4) is 0 Å². The van der Waals surface area contributed by atoms with E-state index in [9.17, 15) is 15.0 Å². The first-order valence-corrected chi connectivity index (χ1v) is 10.1. The molecule has 5 rings (SSSR count). The molecule has 0 aliphatic heterocycles. The third-order valence-electron chi connectivity index (χ3n) is 4.38. The van der Waals surface area contributed by atoms with E-state index in [0.29, 0.717) is 10.0 Å².